The molecule has 1 fully saturated rings. The smallest absolute Gasteiger partial charge is 0.258 e. The van der Waals surface area contributed by atoms with Crippen LogP contribution in [0.15, 0.2) is 59.7 Å². The second-order valence-electron chi connectivity index (χ2n) is 6.08. The molecule has 0 bridgehead atoms. The summed E-state index contributed by atoms with van der Waals surface area (Å²) in [7, 11) is 0. The fraction of sp³-hybridized carbons (Fsp3) is 0.263. The molecule has 124 valence electrons. The lowest BCUT2D eigenvalue weighted by molar-refractivity contribution is -0.122. The lowest BCUT2D eigenvalue weighted by Gasteiger charge is -2.09. The van der Waals surface area contributed by atoms with Crippen molar-refractivity contribution in [3.05, 3.63) is 71.3 Å². The van der Waals surface area contributed by atoms with Crippen LogP contribution in [-0.2, 0) is 4.79 Å². The predicted molar refractivity (Wildman–Crippen MR) is 95.4 cm³/mol. The number of amides is 1. The highest BCUT2D eigenvalue weighted by molar-refractivity contribution is 5.99. The number of benzene rings is 2. The van der Waals surface area contributed by atoms with Gasteiger partial charge in [0.2, 0.25) is 0 Å². The topological polar surface area (TPSA) is 65.5 Å². The van der Waals surface area contributed by atoms with Crippen molar-refractivity contribution in [1.82, 2.24) is 16.3 Å². The SMILES string of the molecule is C/C(=N\NC(=O)C1CC(c2ccccc2)NN1)c1ccc(C)cc1. The molecule has 1 saturated heterocycles. The van der Waals surface area contributed by atoms with Crippen LogP contribution in [0, 0.1) is 6.92 Å². The van der Waals surface area contributed by atoms with Gasteiger partial charge in [-0.2, -0.15) is 5.10 Å². The fourth-order valence-electron chi connectivity index (χ4n) is 2.71. The first-order valence-corrected chi connectivity index (χ1v) is 8.10. The lowest BCUT2D eigenvalue weighted by atomic mass is 10.0. The van der Waals surface area contributed by atoms with Crippen LogP contribution in [0.25, 0.3) is 0 Å². The molecule has 3 N–H and O–H groups in total. The van der Waals surface area contributed by atoms with Crippen LogP contribution in [-0.4, -0.2) is 17.7 Å². The van der Waals surface area contributed by atoms with Crippen molar-refractivity contribution in [2.75, 3.05) is 0 Å². The largest absolute Gasteiger partial charge is 0.271 e. The van der Waals surface area contributed by atoms with Crippen LogP contribution < -0.4 is 16.3 Å². The van der Waals surface area contributed by atoms with Gasteiger partial charge in [-0.25, -0.2) is 16.3 Å². The molecule has 24 heavy (non-hydrogen) atoms. The summed E-state index contributed by atoms with van der Waals surface area (Å²) in [6.45, 7) is 3.93. The van der Waals surface area contributed by atoms with Gasteiger partial charge in [-0.1, -0.05) is 60.2 Å². The maximum Gasteiger partial charge on any atom is 0.258 e. The first kappa shape index (κ1) is 16.4. The zero-order chi connectivity index (χ0) is 16.9. The van der Waals surface area contributed by atoms with E-state index in [0.717, 1.165) is 11.3 Å². The van der Waals surface area contributed by atoms with Crippen molar-refractivity contribution in [1.29, 1.82) is 0 Å². The third-order valence-electron chi connectivity index (χ3n) is 4.22. The molecule has 2 unspecified atom stereocenters. The predicted octanol–water partition coefficient (Wildman–Crippen LogP) is 2.44. The number of hydrazine groups is 1. The van der Waals surface area contributed by atoms with Gasteiger partial charge in [-0.05, 0) is 31.4 Å². The van der Waals surface area contributed by atoms with E-state index in [1.807, 2.05) is 56.3 Å². The number of hydrogen-bond acceptors (Lipinski definition) is 4. The first-order chi connectivity index (χ1) is 11.6. The average Bonchev–Trinajstić information content (AvgIpc) is 3.11. The Labute approximate surface area is 142 Å². The van der Waals surface area contributed by atoms with Crippen molar-refractivity contribution >= 4 is 11.6 Å². The molecule has 3 rings (SSSR count). The monoisotopic (exact) mass is 322 g/mol. The number of aryl methyl sites for hydroxylation is 1. The summed E-state index contributed by atoms with van der Waals surface area (Å²) in [6, 6.07) is 18.0. The Kier molecular flexibility index (Phi) is 5.03. The summed E-state index contributed by atoms with van der Waals surface area (Å²) >= 11 is 0. The molecule has 0 saturated carbocycles. The van der Waals surface area contributed by atoms with Crippen LogP contribution in [0.4, 0.5) is 0 Å². The van der Waals surface area contributed by atoms with E-state index < -0.39 is 0 Å². The van der Waals surface area contributed by atoms with Gasteiger partial charge >= 0.3 is 0 Å². The zero-order valence-corrected chi connectivity index (χ0v) is 13.9. The molecular formula is C19H22N4O. The minimum Gasteiger partial charge on any atom is -0.271 e. The zero-order valence-electron chi connectivity index (χ0n) is 13.9. The van der Waals surface area contributed by atoms with E-state index in [2.05, 4.69) is 33.5 Å². The van der Waals surface area contributed by atoms with Crippen LogP contribution in [0.3, 0.4) is 0 Å². The molecule has 1 amide bonds. The molecule has 2 aromatic rings. The van der Waals surface area contributed by atoms with Crippen LogP contribution in [0.1, 0.15) is 36.1 Å². The lowest BCUT2D eigenvalue weighted by Crippen LogP contribution is -2.41. The van der Waals surface area contributed by atoms with Crippen molar-refractivity contribution in [3.8, 4) is 0 Å². The highest BCUT2D eigenvalue weighted by atomic mass is 16.2. The highest BCUT2D eigenvalue weighted by Gasteiger charge is 2.29. The van der Waals surface area contributed by atoms with E-state index in [4.69, 9.17) is 0 Å². The molecule has 0 aliphatic carbocycles. The summed E-state index contributed by atoms with van der Waals surface area (Å²) in [5.74, 6) is -0.132. The van der Waals surface area contributed by atoms with E-state index in [9.17, 15) is 4.79 Å². The molecule has 0 spiro atoms. The van der Waals surface area contributed by atoms with E-state index in [1.165, 1.54) is 11.1 Å². The highest BCUT2D eigenvalue weighted by Crippen LogP contribution is 2.21. The van der Waals surface area contributed by atoms with Crippen molar-refractivity contribution < 1.29 is 4.79 Å². The standard InChI is InChI=1S/C19H22N4O/c1-13-8-10-15(11-9-13)14(2)20-23-19(24)18-12-17(21-22-18)16-6-4-3-5-7-16/h3-11,17-18,21-22H,12H2,1-2H3,(H,23,24)/b20-14+. The third kappa shape index (κ3) is 3.88. The molecule has 5 heteroatoms. The quantitative estimate of drug-likeness (QED) is 0.598. The van der Waals surface area contributed by atoms with Crippen molar-refractivity contribution in [3.63, 3.8) is 0 Å². The summed E-state index contributed by atoms with van der Waals surface area (Å²) in [5.41, 5.74) is 13.0. The van der Waals surface area contributed by atoms with Gasteiger partial charge in [0.05, 0.1) is 5.71 Å². The number of carbonyl (C=O) groups is 1. The number of nitrogens with zero attached hydrogens (tertiary/aromatic N) is 1. The van der Waals surface area contributed by atoms with E-state index >= 15 is 0 Å². The van der Waals surface area contributed by atoms with Gasteiger partial charge in [0.1, 0.15) is 6.04 Å². The third-order valence-corrected chi connectivity index (χ3v) is 4.22. The van der Waals surface area contributed by atoms with Crippen LogP contribution >= 0.6 is 0 Å². The van der Waals surface area contributed by atoms with Gasteiger partial charge in [0.15, 0.2) is 0 Å². The van der Waals surface area contributed by atoms with Gasteiger partial charge in [0.25, 0.3) is 5.91 Å². The van der Waals surface area contributed by atoms with E-state index in [0.29, 0.717) is 6.42 Å². The normalized spacial score (nSPS) is 20.8. The Bertz CT molecular complexity index is 725. The molecule has 1 aliphatic heterocycles. The van der Waals surface area contributed by atoms with Crippen molar-refractivity contribution in [2.45, 2.75) is 32.4 Å². The Morgan fingerprint density at radius 1 is 1.08 bits per heavy atom. The molecule has 0 aromatic heterocycles. The molecule has 2 aromatic carbocycles. The fourth-order valence-corrected chi connectivity index (χ4v) is 2.71. The molecule has 5 nitrogen and oxygen atoms in total. The summed E-state index contributed by atoms with van der Waals surface area (Å²) in [6.07, 6.45) is 0.689. The molecule has 1 heterocycles. The Morgan fingerprint density at radius 2 is 1.79 bits per heavy atom. The van der Waals surface area contributed by atoms with Crippen LogP contribution in [0.5, 0.6) is 0 Å². The number of hydrazone groups is 1. The van der Waals surface area contributed by atoms with Crippen molar-refractivity contribution in [2.24, 2.45) is 5.10 Å². The molecule has 0 radical (unpaired) electrons. The van der Waals surface area contributed by atoms with Gasteiger partial charge in [0, 0.05) is 6.04 Å². The Balaban J connectivity index is 1.57. The number of rotatable bonds is 4. The van der Waals surface area contributed by atoms with E-state index in [1.54, 1.807) is 0 Å². The van der Waals surface area contributed by atoms with Gasteiger partial charge < -0.3 is 0 Å². The second-order valence-corrected chi connectivity index (χ2v) is 6.08. The number of hydrogen-bond donors (Lipinski definition) is 3. The summed E-state index contributed by atoms with van der Waals surface area (Å²) in [4.78, 5) is 12.3. The number of carbonyl (C=O) groups excluding carboxylic acids is 1. The maximum atomic E-state index is 12.3. The summed E-state index contributed by atoms with van der Waals surface area (Å²) in [5, 5.41) is 4.22. The minimum atomic E-state index is -0.301. The molecule has 1 aliphatic rings. The Morgan fingerprint density at radius 3 is 2.50 bits per heavy atom. The molecule has 2 atom stereocenters. The maximum absolute atomic E-state index is 12.3. The van der Waals surface area contributed by atoms with Gasteiger partial charge in [-0.3, -0.25) is 4.79 Å². The minimum absolute atomic E-state index is 0.129. The van der Waals surface area contributed by atoms with Gasteiger partial charge in [-0.15, -0.1) is 0 Å². The second kappa shape index (κ2) is 7.38. The molecular weight excluding hydrogens is 300 g/mol. The van der Waals surface area contributed by atoms with Crippen LogP contribution in [0.2, 0.25) is 0 Å². The number of nitrogens with one attached hydrogen (secondary N) is 3. The summed E-state index contributed by atoms with van der Waals surface area (Å²) < 4.78 is 0. The first-order valence-electron chi connectivity index (χ1n) is 8.10. The Hall–Kier alpha value is -2.50. The van der Waals surface area contributed by atoms with E-state index in [-0.39, 0.29) is 18.0 Å². The average molecular weight is 322 g/mol.